The van der Waals surface area contributed by atoms with Crippen molar-refractivity contribution in [2.24, 2.45) is 4.99 Å². The van der Waals surface area contributed by atoms with Crippen molar-refractivity contribution in [1.82, 2.24) is 19.7 Å². The maximum absolute atomic E-state index is 13.0. The highest BCUT2D eigenvalue weighted by Gasteiger charge is 2.28. The van der Waals surface area contributed by atoms with E-state index in [0.717, 1.165) is 17.9 Å². The highest BCUT2D eigenvalue weighted by atomic mass is 32.2. The molecule has 8 nitrogen and oxygen atoms in total. The molecule has 152 valence electrons. The molecule has 0 aliphatic carbocycles. The third kappa shape index (κ3) is 5.29. The number of hydrogen-bond acceptors (Lipinski definition) is 5. The van der Waals surface area contributed by atoms with Crippen molar-refractivity contribution in [2.75, 3.05) is 39.8 Å². The summed E-state index contributed by atoms with van der Waals surface area (Å²) >= 11 is 0. The van der Waals surface area contributed by atoms with Crippen molar-refractivity contribution in [3.05, 3.63) is 53.7 Å². The highest BCUT2D eigenvalue weighted by Crippen LogP contribution is 2.13. The summed E-state index contributed by atoms with van der Waals surface area (Å²) in [6, 6.07) is 7.98. The fraction of sp³-hybridized carbons (Fsp3) is 0.444. The summed E-state index contributed by atoms with van der Waals surface area (Å²) in [7, 11) is -1.72. The summed E-state index contributed by atoms with van der Waals surface area (Å²) in [5.74, 6) is 0.327. The molecular formula is C18H24FN5O3S. The van der Waals surface area contributed by atoms with Crippen molar-refractivity contribution < 1.29 is 17.3 Å². The third-order valence-corrected chi connectivity index (χ3v) is 6.39. The van der Waals surface area contributed by atoms with E-state index >= 15 is 0 Å². The second-order valence-electron chi connectivity index (χ2n) is 6.48. The van der Waals surface area contributed by atoms with Crippen LogP contribution in [0.4, 0.5) is 4.39 Å². The van der Waals surface area contributed by atoms with E-state index in [1.807, 2.05) is 4.90 Å². The van der Waals surface area contributed by atoms with Gasteiger partial charge in [-0.05, 0) is 24.1 Å². The summed E-state index contributed by atoms with van der Waals surface area (Å²) in [4.78, 5) is 6.32. The summed E-state index contributed by atoms with van der Waals surface area (Å²) in [5, 5.41) is 6.96. The summed E-state index contributed by atoms with van der Waals surface area (Å²) in [5.41, 5.74) is 1.44. The van der Waals surface area contributed by atoms with Crippen LogP contribution in [-0.4, -0.2) is 68.5 Å². The van der Waals surface area contributed by atoms with Gasteiger partial charge >= 0.3 is 0 Å². The smallest absolute Gasteiger partial charge is 0.220 e. The second kappa shape index (κ2) is 9.16. The van der Waals surface area contributed by atoms with Gasteiger partial charge in [0.15, 0.2) is 5.96 Å². The van der Waals surface area contributed by atoms with E-state index in [4.69, 9.17) is 4.52 Å². The van der Waals surface area contributed by atoms with Crippen molar-refractivity contribution in [3.8, 4) is 0 Å². The maximum Gasteiger partial charge on any atom is 0.220 e. The number of aliphatic imine (C=N–C) groups is 1. The van der Waals surface area contributed by atoms with Gasteiger partial charge in [-0.1, -0.05) is 17.3 Å². The Balaban J connectivity index is 1.47. The van der Waals surface area contributed by atoms with Crippen molar-refractivity contribution >= 4 is 16.0 Å². The lowest BCUT2D eigenvalue weighted by atomic mass is 10.1. The lowest BCUT2D eigenvalue weighted by molar-refractivity contribution is 0.260. The molecule has 0 radical (unpaired) electrons. The number of benzene rings is 1. The van der Waals surface area contributed by atoms with E-state index in [9.17, 15) is 12.8 Å². The number of halogens is 1. The van der Waals surface area contributed by atoms with Crippen molar-refractivity contribution in [2.45, 2.75) is 12.2 Å². The Morgan fingerprint density at radius 3 is 2.54 bits per heavy atom. The predicted molar refractivity (Wildman–Crippen MR) is 104 cm³/mol. The van der Waals surface area contributed by atoms with E-state index in [1.165, 1.54) is 22.7 Å². The number of piperazine rings is 1. The van der Waals surface area contributed by atoms with Crippen LogP contribution in [0.5, 0.6) is 0 Å². The molecule has 10 heteroatoms. The molecule has 1 aromatic heterocycles. The second-order valence-corrected chi connectivity index (χ2v) is 8.45. The molecule has 1 aromatic carbocycles. The Hall–Kier alpha value is -2.46. The van der Waals surface area contributed by atoms with E-state index in [-0.39, 0.29) is 11.6 Å². The van der Waals surface area contributed by atoms with Crippen LogP contribution in [0.3, 0.4) is 0 Å². The van der Waals surface area contributed by atoms with Crippen LogP contribution in [0.25, 0.3) is 0 Å². The van der Waals surface area contributed by atoms with Gasteiger partial charge in [0.25, 0.3) is 0 Å². The quantitative estimate of drug-likeness (QED) is 0.567. The van der Waals surface area contributed by atoms with E-state index in [0.29, 0.717) is 38.4 Å². The van der Waals surface area contributed by atoms with Gasteiger partial charge in [0.05, 0.1) is 5.69 Å². The molecule has 1 aliphatic heterocycles. The zero-order valence-corrected chi connectivity index (χ0v) is 16.5. The molecule has 2 aromatic rings. The van der Waals surface area contributed by atoms with Gasteiger partial charge in [-0.15, -0.1) is 0 Å². The van der Waals surface area contributed by atoms with Gasteiger partial charge in [-0.3, -0.25) is 4.99 Å². The van der Waals surface area contributed by atoms with Crippen LogP contribution < -0.4 is 5.32 Å². The Morgan fingerprint density at radius 1 is 1.21 bits per heavy atom. The van der Waals surface area contributed by atoms with E-state index in [2.05, 4.69) is 15.5 Å². The molecular weight excluding hydrogens is 385 g/mol. The van der Waals surface area contributed by atoms with Crippen molar-refractivity contribution in [3.63, 3.8) is 0 Å². The Kier molecular flexibility index (Phi) is 6.63. The Bertz CT molecular complexity index is 876. The highest BCUT2D eigenvalue weighted by molar-refractivity contribution is 7.88. The van der Waals surface area contributed by atoms with Crippen LogP contribution in [-0.2, 0) is 22.2 Å². The molecule has 0 unspecified atom stereocenters. The molecule has 0 atom stereocenters. The maximum atomic E-state index is 13.0. The lowest BCUT2D eigenvalue weighted by Gasteiger charge is -2.35. The molecule has 0 spiro atoms. The molecule has 28 heavy (non-hydrogen) atoms. The Labute approximate surface area is 164 Å². The van der Waals surface area contributed by atoms with E-state index < -0.39 is 10.0 Å². The normalized spacial score (nSPS) is 16.4. The Morgan fingerprint density at radius 2 is 1.93 bits per heavy atom. The topological polar surface area (TPSA) is 91.0 Å². The number of guanidine groups is 1. The van der Waals surface area contributed by atoms with Crippen LogP contribution in [0.15, 0.2) is 46.1 Å². The minimum Gasteiger partial charge on any atom is -0.364 e. The van der Waals surface area contributed by atoms with Gasteiger partial charge in [-0.25, -0.2) is 12.8 Å². The average Bonchev–Trinajstić information content (AvgIpc) is 3.19. The molecule has 1 saturated heterocycles. The van der Waals surface area contributed by atoms with E-state index in [1.54, 1.807) is 25.2 Å². The van der Waals surface area contributed by atoms with Crippen LogP contribution in [0, 0.1) is 5.82 Å². The number of aromatic nitrogens is 1. The fourth-order valence-corrected chi connectivity index (χ4v) is 4.50. The van der Waals surface area contributed by atoms with Crippen LogP contribution >= 0.6 is 0 Å². The predicted octanol–water partition coefficient (Wildman–Crippen LogP) is 1.08. The number of sulfonamides is 1. The first kappa shape index (κ1) is 20.3. The van der Waals surface area contributed by atoms with Gasteiger partial charge in [0, 0.05) is 45.8 Å². The number of nitrogens with zero attached hydrogens (tertiary/aromatic N) is 4. The number of hydrogen-bond donors (Lipinski definition) is 1. The SMILES string of the molecule is CN=C(NCCc1ccc(F)cc1)N1CCN(S(=O)(=O)Cc2ccon2)CC1. The first-order valence-corrected chi connectivity index (χ1v) is 10.7. The minimum absolute atomic E-state index is 0.159. The van der Waals surface area contributed by atoms with Crippen molar-refractivity contribution in [1.29, 1.82) is 0 Å². The van der Waals surface area contributed by atoms with Gasteiger partial charge in [-0.2, -0.15) is 4.31 Å². The zero-order chi connectivity index (χ0) is 20.0. The summed E-state index contributed by atoms with van der Waals surface area (Å²) < 4.78 is 44.1. The standard InChI is InChI=1S/C18H24FN5O3S/c1-20-18(21-8-6-15-2-4-16(19)5-3-15)23-9-11-24(12-10-23)28(25,26)14-17-7-13-27-22-17/h2-5,7,13H,6,8-12,14H2,1H3,(H,20,21). The molecule has 0 bridgehead atoms. The number of nitrogens with one attached hydrogen (secondary N) is 1. The summed E-state index contributed by atoms with van der Waals surface area (Å²) in [6.45, 7) is 2.53. The molecule has 1 aliphatic rings. The average molecular weight is 409 g/mol. The third-order valence-electron chi connectivity index (χ3n) is 4.57. The molecule has 0 amide bonds. The van der Waals surface area contributed by atoms with Gasteiger partial charge in [0.2, 0.25) is 10.0 Å². The molecule has 0 saturated carbocycles. The number of rotatable bonds is 6. The zero-order valence-electron chi connectivity index (χ0n) is 15.7. The molecule has 2 heterocycles. The van der Waals surface area contributed by atoms with Gasteiger partial charge < -0.3 is 14.7 Å². The molecule has 1 fully saturated rings. The first-order valence-electron chi connectivity index (χ1n) is 9.05. The minimum atomic E-state index is -3.43. The van der Waals surface area contributed by atoms with Crippen LogP contribution in [0.2, 0.25) is 0 Å². The summed E-state index contributed by atoms with van der Waals surface area (Å²) in [6.07, 6.45) is 2.11. The lowest BCUT2D eigenvalue weighted by Crippen LogP contribution is -2.54. The first-order chi connectivity index (χ1) is 13.5. The largest absolute Gasteiger partial charge is 0.364 e. The van der Waals surface area contributed by atoms with Gasteiger partial charge in [0.1, 0.15) is 17.8 Å². The van der Waals surface area contributed by atoms with Crippen LogP contribution in [0.1, 0.15) is 11.3 Å². The fourth-order valence-electron chi connectivity index (χ4n) is 3.07. The molecule has 3 rings (SSSR count). The molecule has 1 N–H and O–H groups in total. The monoisotopic (exact) mass is 409 g/mol.